The van der Waals surface area contributed by atoms with E-state index in [2.05, 4.69) is 31.7 Å². The first kappa shape index (κ1) is 15.7. The number of halogens is 1. The van der Waals surface area contributed by atoms with Crippen LogP contribution in [0.1, 0.15) is 23.0 Å². The van der Waals surface area contributed by atoms with Gasteiger partial charge in [0, 0.05) is 17.1 Å². The van der Waals surface area contributed by atoms with Crippen molar-refractivity contribution in [1.29, 1.82) is 0 Å². The summed E-state index contributed by atoms with van der Waals surface area (Å²) >= 11 is 3.41. The average molecular weight is 351 g/mol. The minimum Gasteiger partial charge on any atom is -0.350 e. The van der Waals surface area contributed by atoms with Crippen molar-refractivity contribution in [3.8, 4) is 5.69 Å². The second-order valence-electron chi connectivity index (χ2n) is 4.93. The summed E-state index contributed by atoms with van der Waals surface area (Å²) < 4.78 is 2.78. The summed E-state index contributed by atoms with van der Waals surface area (Å²) in [5.41, 5.74) is 2.35. The van der Waals surface area contributed by atoms with Gasteiger partial charge in [-0.1, -0.05) is 15.9 Å². The Balaban J connectivity index is 2.16. The molecule has 0 spiro atoms. The molecule has 2 aromatic rings. The lowest BCUT2D eigenvalue weighted by molar-refractivity contribution is 0.0950. The van der Waals surface area contributed by atoms with E-state index in [0.29, 0.717) is 12.1 Å². The maximum Gasteiger partial charge on any atom is 0.254 e. The van der Waals surface area contributed by atoms with Crippen molar-refractivity contribution in [1.82, 2.24) is 20.4 Å². The van der Waals surface area contributed by atoms with Crippen molar-refractivity contribution in [2.45, 2.75) is 19.9 Å². The monoisotopic (exact) mass is 350 g/mol. The first-order valence-corrected chi connectivity index (χ1v) is 7.58. The highest BCUT2D eigenvalue weighted by atomic mass is 79.9. The SMILES string of the molecule is CNC(C)CNC(=O)c1cnn(-c2ccc(Br)cc2)c1C. The van der Waals surface area contributed by atoms with Crippen LogP contribution in [0.2, 0.25) is 0 Å². The molecular formula is C15H19BrN4O. The number of rotatable bonds is 5. The quantitative estimate of drug-likeness (QED) is 0.869. The van der Waals surface area contributed by atoms with Crippen LogP contribution < -0.4 is 10.6 Å². The molecule has 2 rings (SSSR count). The fraction of sp³-hybridized carbons (Fsp3) is 0.333. The van der Waals surface area contributed by atoms with E-state index >= 15 is 0 Å². The third-order valence-electron chi connectivity index (χ3n) is 3.39. The number of benzene rings is 1. The highest BCUT2D eigenvalue weighted by molar-refractivity contribution is 9.10. The lowest BCUT2D eigenvalue weighted by Gasteiger charge is -2.11. The third-order valence-corrected chi connectivity index (χ3v) is 3.92. The van der Waals surface area contributed by atoms with Gasteiger partial charge in [-0.3, -0.25) is 4.79 Å². The summed E-state index contributed by atoms with van der Waals surface area (Å²) in [6.07, 6.45) is 1.61. The summed E-state index contributed by atoms with van der Waals surface area (Å²) in [6.45, 7) is 4.49. The van der Waals surface area contributed by atoms with Gasteiger partial charge in [0.1, 0.15) is 0 Å². The van der Waals surface area contributed by atoms with E-state index in [0.717, 1.165) is 15.9 Å². The highest BCUT2D eigenvalue weighted by Crippen LogP contribution is 2.17. The Kier molecular flexibility index (Phi) is 5.14. The molecule has 1 heterocycles. The van der Waals surface area contributed by atoms with Crippen LogP contribution in [0.5, 0.6) is 0 Å². The lowest BCUT2D eigenvalue weighted by atomic mass is 10.2. The molecule has 5 nitrogen and oxygen atoms in total. The van der Waals surface area contributed by atoms with Crippen LogP contribution in [0.25, 0.3) is 5.69 Å². The van der Waals surface area contributed by atoms with E-state index in [1.807, 2.05) is 45.2 Å². The van der Waals surface area contributed by atoms with Gasteiger partial charge in [0.25, 0.3) is 5.91 Å². The van der Waals surface area contributed by atoms with Crippen molar-refractivity contribution < 1.29 is 4.79 Å². The smallest absolute Gasteiger partial charge is 0.254 e. The molecule has 0 aliphatic carbocycles. The summed E-state index contributed by atoms with van der Waals surface area (Å²) in [7, 11) is 1.87. The van der Waals surface area contributed by atoms with Crippen LogP contribution in [-0.2, 0) is 0 Å². The fourth-order valence-electron chi connectivity index (χ4n) is 1.92. The Morgan fingerprint density at radius 3 is 2.67 bits per heavy atom. The van der Waals surface area contributed by atoms with Gasteiger partial charge in [-0.15, -0.1) is 0 Å². The molecule has 0 bridgehead atoms. The Bertz CT molecular complexity index is 621. The second-order valence-corrected chi connectivity index (χ2v) is 5.85. The number of hydrogen-bond donors (Lipinski definition) is 2. The molecule has 1 amide bonds. The molecule has 0 saturated carbocycles. The standard InChI is InChI=1S/C15H19BrN4O/c1-10(17-3)8-18-15(21)14-9-19-20(11(14)2)13-6-4-12(16)5-7-13/h4-7,9-10,17H,8H2,1-3H3,(H,18,21). The zero-order valence-electron chi connectivity index (χ0n) is 12.4. The minimum atomic E-state index is -0.0991. The van der Waals surface area contributed by atoms with Gasteiger partial charge < -0.3 is 10.6 Å². The van der Waals surface area contributed by atoms with Crippen LogP contribution in [0.3, 0.4) is 0 Å². The van der Waals surface area contributed by atoms with Gasteiger partial charge in [-0.25, -0.2) is 4.68 Å². The molecule has 21 heavy (non-hydrogen) atoms. The van der Waals surface area contributed by atoms with Gasteiger partial charge in [0.05, 0.1) is 23.1 Å². The molecule has 0 fully saturated rings. The number of nitrogens with zero attached hydrogens (tertiary/aromatic N) is 2. The largest absolute Gasteiger partial charge is 0.350 e. The van der Waals surface area contributed by atoms with Crippen molar-refractivity contribution in [2.24, 2.45) is 0 Å². The van der Waals surface area contributed by atoms with Gasteiger partial charge in [0.2, 0.25) is 0 Å². The second kappa shape index (κ2) is 6.87. The normalized spacial score (nSPS) is 12.2. The maximum absolute atomic E-state index is 12.2. The minimum absolute atomic E-state index is 0.0991. The topological polar surface area (TPSA) is 58.9 Å². The number of hydrogen-bond acceptors (Lipinski definition) is 3. The van der Waals surface area contributed by atoms with Crippen LogP contribution in [-0.4, -0.2) is 35.3 Å². The maximum atomic E-state index is 12.2. The van der Waals surface area contributed by atoms with Gasteiger partial charge in [0.15, 0.2) is 0 Å². The Morgan fingerprint density at radius 1 is 1.38 bits per heavy atom. The molecule has 0 radical (unpaired) electrons. The Hall–Kier alpha value is -1.66. The summed E-state index contributed by atoms with van der Waals surface area (Å²) in [5.74, 6) is -0.0991. The van der Waals surface area contributed by atoms with Crippen molar-refractivity contribution in [3.63, 3.8) is 0 Å². The molecule has 2 N–H and O–H groups in total. The number of amides is 1. The number of aromatic nitrogens is 2. The van der Waals surface area contributed by atoms with Crippen LogP contribution in [0, 0.1) is 6.92 Å². The average Bonchev–Trinajstić information content (AvgIpc) is 2.87. The molecule has 0 aliphatic rings. The summed E-state index contributed by atoms with van der Waals surface area (Å²) in [5, 5.41) is 10.3. The third kappa shape index (κ3) is 3.71. The zero-order valence-corrected chi connectivity index (χ0v) is 13.9. The Labute approximate surface area is 132 Å². The molecule has 1 aromatic heterocycles. The molecule has 0 saturated heterocycles. The predicted molar refractivity (Wildman–Crippen MR) is 86.9 cm³/mol. The lowest BCUT2D eigenvalue weighted by Crippen LogP contribution is -2.37. The molecule has 0 aliphatic heterocycles. The van der Waals surface area contributed by atoms with E-state index in [1.54, 1.807) is 10.9 Å². The molecular weight excluding hydrogens is 332 g/mol. The number of likely N-dealkylation sites (N-methyl/N-ethyl adjacent to an activating group) is 1. The van der Waals surface area contributed by atoms with Gasteiger partial charge in [-0.2, -0.15) is 5.10 Å². The van der Waals surface area contributed by atoms with E-state index in [4.69, 9.17) is 0 Å². The number of carbonyl (C=O) groups excluding carboxylic acids is 1. The first-order valence-electron chi connectivity index (χ1n) is 6.79. The number of nitrogens with one attached hydrogen (secondary N) is 2. The highest BCUT2D eigenvalue weighted by Gasteiger charge is 2.15. The fourth-order valence-corrected chi connectivity index (χ4v) is 2.18. The zero-order chi connectivity index (χ0) is 15.4. The van der Waals surface area contributed by atoms with Gasteiger partial charge >= 0.3 is 0 Å². The van der Waals surface area contributed by atoms with Crippen LogP contribution in [0.4, 0.5) is 0 Å². The summed E-state index contributed by atoms with van der Waals surface area (Å²) in [6, 6.07) is 8.04. The van der Waals surface area contributed by atoms with E-state index in [-0.39, 0.29) is 11.9 Å². The van der Waals surface area contributed by atoms with Crippen molar-refractivity contribution >= 4 is 21.8 Å². The Morgan fingerprint density at radius 2 is 2.05 bits per heavy atom. The molecule has 1 unspecified atom stereocenters. The van der Waals surface area contributed by atoms with Gasteiger partial charge in [-0.05, 0) is 45.2 Å². The van der Waals surface area contributed by atoms with E-state index in [9.17, 15) is 4.79 Å². The predicted octanol–water partition coefficient (Wildman–Crippen LogP) is 2.28. The molecule has 1 aromatic carbocycles. The molecule has 6 heteroatoms. The van der Waals surface area contributed by atoms with Crippen molar-refractivity contribution in [2.75, 3.05) is 13.6 Å². The first-order chi connectivity index (χ1) is 10.0. The van der Waals surface area contributed by atoms with Crippen LogP contribution >= 0.6 is 15.9 Å². The van der Waals surface area contributed by atoms with Crippen LogP contribution in [0.15, 0.2) is 34.9 Å². The van der Waals surface area contributed by atoms with E-state index < -0.39 is 0 Å². The number of carbonyl (C=O) groups is 1. The summed E-state index contributed by atoms with van der Waals surface area (Å²) in [4.78, 5) is 12.2. The van der Waals surface area contributed by atoms with E-state index in [1.165, 1.54) is 0 Å². The molecule has 1 atom stereocenters. The van der Waals surface area contributed by atoms with Crippen molar-refractivity contribution in [3.05, 3.63) is 46.2 Å². The molecule has 112 valence electrons.